The van der Waals surface area contributed by atoms with Crippen LogP contribution in [0, 0.1) is 25.2 Å². The fraction of sp³-hybridized carbons (Fsp3) is 0.429. The van der Waals surface area contributed by atoms with Gasteiger partial charge in [0, 0.05) is 11.3 Å². The zero-order valence-corrected chi connectivity index (χ0v) is 16.2. The summed E-state index contributed by atoms with van der Waals surface area (Å²) in [5.41, 5.74) is 4.16. The Morgan fingerprint density at radius 2 is 2.12 bits per heavy atom. The summed E-state index contributed by atoms with van der Waals surface area (Å²) in [7, 11) is 0. The Balaban J connectivity index is 1.51. The van der Waals surface area contributed by atoms with E-state index < -0.39 is 0 Å². The van der Waals surface area contributed by atoms with Crippen LogP contribution in [0.3, 0.4) is 0 Å². The predicted molar refractivity (Wildman–Crippen MR) is 105 cm³/mol. The second-order valence-electron chi connectivity index (χ2n) is 6.73. The van der Waals surface area contributed by atoms with Gasteiger partial charge in [-0.05, 0) is 68.7 Å². The van der Waals surface area contributed by atoms with Crippen LogP contribution in [0.5, 0.6) is 5.75 Å². The minimum absolute atomic E-state index is 0.0512. The molecule has 0 atom stereocenters. The lowest BCUT2D eigenvalue weighted by Gasteiger charge is -2.10. The highest BCUT2D eigenvalue weighted by molar-refractivity contribution is 7.16. The summed E-state index contributed by atoms with van der Waals surface area (Å²) in [5.74, 6) is 0.827. The molecule has 0 saturated heterocycles. The van der Waals surface area contributed by atoms with Crippen LogP contribution < -0.4 is 10.1 Å². The number of hydrogen-bond acceptors (Lipinski definition) is 4. The molecule has 1 heterocycles. The Morgan fingerprint density at radius 3 is 2.92 bits per heavy atom. The first-order valence-corrected chi connectivity index (χ1v) is 9.95. The van der Waals surface area contributed by atoms with E-state index in [0.717, 1.165) is 41.1 Å². The number of carbonyl (C=O) groups is 1. The molecule has 1 amide bonds. The Labute approximate surface area is 158 Å². The summed E-state index contributed by atoms with van der Waals surface area (Å²) in [6.45, 7) is 4.60. The molecule has 1 aliphatic rings. The van der Waals surface area contributed by atoms with Gasteiger partial charge in [0.05, 0.1) is 12.2 Å². The van der Waals surface area contributed by atoms with Crippen molar-refractivity contribution in [1.82, 2.24) is 0 Å². The van der Waals surface area contributed by atoms with Gasteiger partial charge < -0.3 is 10.1 Å². The van der Waals surface area contributed by atoms with Crippen LogP contribution in [0.25, 0.3) is 0 Å². The molecule has 0 aliphatic heterocycles. The molecular formula is C21H24N2O2S. The Morgan fingerprint density at radius 1 is 1.31 bits per heavy atom. The molecule has 1 aromatic carbocycles. The average Bonchev–Trinajstić information content (AvgIpc) is 2.98. The molecule has 26 heavy (non-hydrogen) atoms. The molecule has 1 aromatic heterocycles. The van der Waals surface area contributed by atoms with Crippen LogP contribution in [0.15, 0.2) is 18.2 Å². The molecule has 0 bridgehead atoms. The second-order valence-corrected chi connectivity index (χ2v) is 7.83. The number of nitriles is 1. The molecule has 0 spiro atoms. The van der Waals surface area contributed by atoms with Crippen molar-refractivity contribution < 1.29 is 9.53 Å². The van der Waals surface area contributed by atoms with Crippen molar-refractivity contribution in [2.75, 3.05) is 11.9 Å². The van der Waals surface area contributed by atoms with Gasteiger partial charge in [-0.2, -0.15) is 5.26 Å². The maximum absolute atomic E-state index is 12.3. The maximum Gasteiger partial charge on any atom is 0.225 e. The molecule has 5 heteroatoms. The van der Waals surface area contributed by atoms with Crippen molar-refractivity contribution >= 4 is 22.2 Å². The molecule has 136 valence electrons. The van der Waals surface area contributed by atoms with E-state index >= 15 is 0 Å². The number of hydrogen-bond donors (Lipinski definition) is 1. The van der Waals surface area contributed by atoms with Gasteiger partial charge in [-0.1, -0.05) is 12.1 Å². The van der Waals surface area contributed by atoms with E-state index in [1.807, 2.05) is 19.1 Å². The minimum Gasteiger partial charge on any atom is -0.493 e. The van der Waals surface area contributed by atoms with Crippen molar-refractivity contribution in [2.45, 2.75) is 52.4 Å². The summed E-state index contributed by atoms with van der Waals surface area (Å²) in [4.78, 5) is 13.5. The summed E-state index contributed by atoms with van der Waals surface area (Å²) in [6.07, 6.45) is 5.30. The van der Waals surface area contributed by atoms with Gasteiger partial charge >= 0.3 is 0 Å². The van der Waals surface area contributed by atoms with Crippen molar-refractivity contribution in [3.63, 3.8) is 0 Å². The van der Waals surface area contributed by atoms with Crippen molar-refractivity contribution in [3.05, 3.63) is 45.3 Å². The number of thiophene rings is 1. The summed E-state index contributed by atoms with van der Waals surface area (Å²) < 4.78 is 5.80. The maximum atomic E-state index is 12.3. The lowest BCUT2D eigenvalue weighted by Crippen LogP contribution is -2.13. The largest absolute Gasteiger partial charge is 0.493 e. The molecule has 0 saturated carbocycles. The van der Waals surface area contributed by atoms with E-state index in [0.29, 0.717) is 25.0 Å². The van der Waals surface area contributed by atoms with Gasteiger partial charge in [0.2, 0.25) is 5.91 Å². The van der Waals surface area contributed by atoms with Gasteiger partial charge in [0.15, 0.2) is 0 Å². The molecule has 4 nitrogen and oxygen atoms in total. The van der Waals surface area contributed by atoms with E-state index in [1.165, 1.54) is 16.9 Å². The van der Waals surface area contributed by atoms with Gasteiger partial charge in [0.25, 0.3) is 0 Å². The van der Waals surface area contributed by atoms with E-state index in [-0.39, 0.29) is 5.91 Å². The molecule has 0 fully saturated rings. The van der Waals surface area contributed by atoms with Crippen LogP contribution in [0.2, 0.25) is 0 Å². The number of fused-ring (bicyclic) bond motifs is 1. The quantitative estimate of drug-likeness (QED) is 0.737. The number of nitrogens with zero attached hydrogens (tertiary/aromatic N) is 1. The van der Waals surface area contributed by atoms with E-state index in [9.17, 15) is 10.1 Å². The van der Waals surface area contributed by atoms with Crippen molar-refractivity contribution in [2.24, 2.45) is 0 Å². The first-order chi connectivity index (χ1) is 12.6. The SMILES string of the molecule is Cc1cccc(OCCCC(=O)Nc2sc3c(c2C#N)CCCC3)c1C. The monoisotopic (exact) mass is 368 g/mol. The Bertz CT molecular complexity index is 848. The number of nitrogens with one attached hydrogen (secondary N) is 1. The standard InChI is InChI=1S/C21H24N2O2S/c1-14-7-5-9-18(15(14)2)25-12-6-11-20(24)23-21-17(13-22)16-8-3-4-10-19(16)26-21/h5,7,9H,3-4,6,8,10-12H2,1-2H3,(H,23,24). The highest BCUT2D eigenvalue weighted by Crippen LogP contribution is 2.37. The molecule has 1 aliphatic carbocycles. The van der Waals surface area contributed by atoms with Crippen LogP contribution in [-0.2, 0) is 17.6 Å². The van der Waals surface area contributed by atoms with Crippen LogP contribution in [0.1, 0.15) is 52.8 Å². The minimum atomic E-state index is -0.0512. The number of anilines is 1. The van der Waals surface area contributed by atoms with Gasteiger partial charge in [0.1, 0.15) is 16.8 Å². The zero-order chi connectivity index (χ0) is 18.5. The van der Waals surface area contributed by atoms with Gasteiger partial charge in [-0.25, -0.2) is 0 Å². The normalized spacial score (nSPS) is 13.0. The van der Waals surface area contributed by atoms with Crippen LogP contribution in [-0.4, -0.2) is 12.5 Å². The average molecular weight is 369 g/mol. The first kappa shape index (κ1) is 18.5. The highest BCUT2D eigenvalue weighted by Gasteiger charge is 2.21. The lowest BCUT2D eigenvalue weighted by atomic mass is 9.96. The third-order valence-electron chi connectivity index (χ3n) is 4.90. The smallest absolute Gasteiger partial charge is 0.225 e. The summed E-state index contributed by atoms with van der Waals surface area (Å²) in [6, 6.07) is 8.27. The zero-order valence-electron chi connectivity index (χ0n) is 15.4. The molecule has 3 rings (SSSR count). The third kappa shape index (κ3) is 4.08. The van der Waals surface area contributed by atoms with Crippen LogP contribution >= 0.6 is 11.3 Å². The van der Waals surface area contributed by atoms with Crippen molar-refractivity contribution in [1.29, 1.82) is 5.26 Å². The third-order valence-corrected chi connectivity index (χ3v) is 6.10. The number of aryl methyl sites for hydroxylation is 2. The number of rotatable bonds is 6. The first-order valence-electron chi connectivity index (χ1n) is 9.13. The Kier molecular flexibility index (Phi) is 5.95. The van der Waals surface area contributed by atoms with Crippen molar-refractivity contribution in [3.8, 4) is 11.8 Å². The number of amides is 1. The van der Waals surface area contributed by atoms with Crippen LogP contribution in [0.4, 0.5) is 5.00 Å². The topological polar surface area (TPSA) is 62.1 Å². The summed E-state index contributed by atoms with van der Waals surface area (Å²) in [5, 5.41) is 13.1. The highest BCUT2D eigenvalue weighted by atomic mass is 32.1. The molecular weight excluding hydrogens is 344 g/mol. The predicted octanol–water partition coefficient (Wildman–Crippen LogP) is 4.91. The summed E-state index contributed by atoms with van der Waals surface area (Å²) >= 11 is 1.57. The van der Waals surface area contributed by atoms with E-state index in [2.05, 4.69) is 24.4 Å². The molecule has 0 unspecified atom stereocenters. The van der Waals surface area contributed by atoms with E-state index in [1.54, 1.807) is 11.3 Å². The molecule has 1 N–H and O–H groups in total. The van der Waals surface area contributed by atoms with E-state index in [4.69, 9.17) is 4.74 Å². The lowest BCUT2D eigenvalue weighted by molar-refractivity contribution is -0.116. The van der Waals surface area contributed by atoms with Gasteiger partial charge in [-0.15, -0.1) is 11.3 Å². The van der Waals surface area contributed by atoms with Gasteiger partial charge in [-0.3, -0.25) is 4.79 Å². The fourth-order valence-electron chi connectivity index (χ4n) is 3.26. The number of carbonyl (C=O) groups excluding carboxylic acids is 1. The molecule has 0 radical (unpaired) electrons. The Hall–Kier alpha value is -2.32. The fourth-order valence-corrected chi connectivity index (χ4v) is 4.51. The number of benzene rings is 1. The second kappa shape index (κ2) is 8.37. The molecule has 2 aromatic rings. The number of ether oxygens (including phenoxy) is 1.